The average Bonchev–Trinajstić information content (AvgIpc) is 2.67. The summed E-state index contributed by atoms with van der Waals surface area (Å²) in [6, 6.07) is 4.84. The van der Waals surface area contributed by atoms with E-state index >= 15 is 0 Å². The molecule has 4 nitrogen and oxygen atoms in total. The van der Waals surface area contributed by atoms with E-state index in [0.717, 1.165) is 13.3 Å². The predicted molar refractivity (Wildman–Crippen MR) is 118 cm³/mol. The molecule has 9 heteroatoms. The van der Waals surface area contributed by atoms with Gasteiger partial charge in [-0.05, 0) is 49.0 Å². The molecule has 0 saturated heterocycles. The molecule has 2 N–H and O–H groups in total. The summed E-state index contributed by atoms with van der Waals surface area (Å²) >= 11 is 12.1. The van der Waals surface area contributed by atoms with Gasteiger partial charge in [-0.15, -0.1) is 0 Å². The molecule has 2 aliphatic rings. The topological polar surface area (TPSA) is 66.4 Å². The van der Waals surface area contributed by atoms with Crippen molar-refractivity contribution in [2.75, 3.05) is 5.32 Å². The van der Waals surface area contributed by atoms with Crippen LogP contribution in [-0.2, 0) is 15.0 Å². The smallest absolute Gasteiger partial charge is 0.392 e. The zero-order valence-corrected chi connectivity index (χ0v) is 18.9. The van der Waals surface area contributed by atoms with Crippen molar-refractivity contribution >= 4 is 40.8 Å². The van der Waals surface area contributed by atoms with Gasteiger partial charge in [0.1, 0.15) is 0 Å². The normalized spacial score (nSPS) is 21.8. The van der Waals surface area contributed by atoms with Crippen LogP contribution in [-0.4, -0.2) is 23.2 Å². The van der Waals surface area contributed by atoms with Crippen LogP contribution in [0.3, 0.4) is 0 Å². The second kappa shape index (κ2) is 9.48. The lowest BCUT2D eigenvalue weighted by Crippen LogP contribution is -2.40. The highest BCUT2D eigenvalue weighted by Crippen LogP contribution is 2.48. The number of aliphatic carboxylic acids is 1. The Balaban J connectivity index is 1.89. The number of benzene rings is 1. The molecule has 3 atom stereocenters. The number of alkyl halides is 3. The Morgan fingerprint density at radius 3 is 2.47 bits per heavy atom. The molecule has 0 bridgehead atoms. The summed E-state index contributed by atoms with van der Waals surface area (Å²) in [6.45, 7) is 0.992. The standard InChI is InChI=1S/C23H24Cl2F3NO3/c1-13(23(26,27)28)20(14-3-6-16(24)7-4-14)21(32)29-18-11-15(5-8-17(18)25)22(9-2-10-22)12-19(30)31/h3,5-8,11,13-14,20H,2,4,9-10,12H2,1H3,(H,29,32)(H,30,31)/t13-,14?,20+/m1/s1. The number of carboxylic acids is 1. The van der Waals surface area contributed by atoms with Crippen LogP contribution in [0.2, 0.25) is 5.02 Å². The van der Waals surface area contributed by atoms with Gasteiger partial charge in [0.25, 0.3) is 0 Å². The summed E-state index contributed by atoms with van der Waals surface area (Å²) in [7, 11) is 0. The summed E-state index contributed by atoms with van der Waals surface area (Å²) in [5.74, 6) is -5.69. The summed E-state index contributed by atoms with van der Waals surface area (Å²) in [5, 5.41) is 12.5. The van der Waals surface area contributed by atoms with E-state index in [2.05, 4.69) is 5.32 Å². The second-order valence-electron chi connectivity index (χ2n) is 8.59. The van der Waals surface area contributed by atoms with Gasteiger partial charge in [0.05, 0.1) is 29.0 Å². The first-order valence-electron chi connectivity index (χ1n) is 10.4. The number of anilines is 1. The largest absolute Gasteiger partial charge is 0.481 e. The molecule has 1 saturated carbocycles. The van der Waals surface area contributed by atoms with Crippen LogP contribution in [0.15, 0.2) is 41.5 Å². The fourth-order valence-corrected chi connectivity index (χ4v) is 4.83. The number of rotatable bonds is 7. The van der Waals surface area contributed by atoms with Crippen LogP contribution in [0.25, 0.3) is 0 Å². The molecule has 0 heterocycles. The van der Waals surface area contributed by atoms with Crippen molar-refractivity contribution in [1.29, 1.82) is 0 Å². The van der Waals surface area contributed by atoms with E-state index in [0.29, 0.717) is 23.4 Å². The number of amides is 1. The summed E-state index contributed by atoms with van der Waals surface area (Å²) in [6.07, 6.45) is 2.46. The first-order valence-corrected chi connectivity index (χ1v) is 11.1. The summed E-state index contributed by atoms with van der Waals surface area (Å²) in [5.41, 5.74) is 0.333. The van der Waals surface area contributed by atoms with Gasteiger partial charge in [0.15, 0.2) is 0 Å². The van der Waals surface area contributed by atoms with Gasteiger partial charge in [-0.2, -0.15) is 13.2 Å². The van der Waals surface area contributed by atoms with Crippen LogP contribution < -0.4 is 5.32 Å². The zero-order chi connectivity index (χ0) is 23.7. The Kier molecular flexibility index (Phi) is 7.30. The number of allylic oxidation sites excluding steroid dienone is 4. The maximum Gasteiger partial charge on any atom is 0.392 e. The van der Waals surface area contributed by atoms with Gasteiger partial charge >= 0.3 is 12.1 Å². The Morgan fingerprint density at radius 1 is 1.28 bits per heavy atom. The minimum atomic E-state index is -4.57. The number of hydrogen-bond donors (Lipinski definition) is 2. The fourth-order valence-electron chi connectivity index (χ4n) is 4.50. The Hall–Kier alpha value is -1.99. The van der Waals surface area contributed by atoms with Crippen molar-refractivity contribution in [1.82, 2.24) is 0 Å². The second-order valence-corrected chi connectivity index (χ2v) is 9.44. The number of carboxylic acid groups (broad SMARTS) is 1. The quantitative estimate of drug-likeness (QED) is 0.448. The van der Waals surface area contributed by atoms with Crippen LogP contribution in [0.5, 0.6) is 0 Å². The molecular weight excluding hydrogens is 466 g/mol. The lowest BCUT2D eigenvalue weighted by molar-refractivity contribution is -0.188. The Bertz CT molecular complexity index is 954. The molecule has 0 aliphatic heterocycles. The number of halogens is 5. The fraction of sp³-hybridized carbons (Fsp3) is 0.478. The molecule has 174 valence electrons. The molecule has 1 aromatic carbocycles. The molecule has 0 radical (unpaired) electrons. The first kappa shape index (κ1) is 24.6. The molecular formula is C23H24Cl2F3NO3. The third kappa shape index (κ3) is 5.31. The molecule has 0 aromatic heterocycles. The SMILES string of the molecule is C[C@H]([C@H](C(=O)Nc1cc(C2(CC(=O)O)CCC2)ccc1Cl)C1C=CC(Cl)=CC1)C(F)(F)F. The van der Waals surface area contributed by atoms with E-state index in [-0.39, 0.29) is 23.6 Å². The monoisotopic (exact) mass is 489 g/mol. The van der Waals surface area contributed by atoms with E-state index < -0.39 is 41.2 Å². The van der Waals surface area contributed by atoms with Gasteiger partial charge in [-0.25, -0.2) is 0 Å². The number of hydrogen-bond acceptors (Lipinski definition) is 2. The number of carbonyl (C=O) groups excluding carboxylic acids is 1. The van der Waals surface area contributed by atoms with Crippen molar-refractivity contribution in [3.8, 4) is 0 Å². The molecule has 1 unspecified atom stereocenters. The van der Waals surface area contributed by atoms with Crippen LogP contribution in [0, 0.1) is 17.8 Å². The molecule has 0 spiro atoms. The van der Waals surface area contributed by atoms with Crippen molar-refractivity contribution < 1.29 is 27.9 Å². The van der Waals surface area contributed by atoms with Crippen molar-refractivity contribution in [3.05, 3.63) is 52.0 Å². The van der Waals surface area contributed by atoms with Crippen LogP contribution in [0.1, 0.15) is 44.6 Å². The van der Waals surface area contributed by atoms with Crippen LogP contribution in [0.4, 0.5) is 18.9 Å². The molecule has 3 rings (SSSR count). The van der Waals surface area contributed by atoms with Crippen molar-refractivity contribution in [2.45, 2.75) is 50.6 Å². The lowest BCUT2D eigenvalue weighted by atomic mass is 9.62. The third-order valence-electron chi connectivity index (χ3n) is 6.54. The van der Waals surface area contributed by atoms with Gasteiger partial charge in [-0.1, -0.05) is 54.8 Å². The first-order chi connectivity index (χ1) is 14.9. The molecule has 1 aromatic rings. The van der Waals surface area contributed by atoms with E-state index in [4.69, 9.17) is 23.2 Å². The predicted octanol–water partition coefficient (Wildman–Crippen LogP) is 6.69. The Labute approximate surface area is 194 Å². The highest BCUT2D eigenvalue weighted by molar-refractivity contribution is 6.33. The van der Waals surface area contributed by atoms with Crippen molar-refractivity contribution in [3.63, 3.8) is 0 Å². The average molecular weight is 490 g/mol. The van der Waals surface area contributed by atoms with Gasteiger partial charge in [-0.3, -0.25) is 9.59 Å². The van der Waals surface area contributed by atoms with Gasteiger partial charge in [0.2, 0.25) is 5.91 Å². The summed E-state index contributed by atoms with van der Waals surface area (Å²) in [4.78, 5) is 24.4. The molecule has 1 amide bonds. The molecule has 2 aliphatic carbocycles. The molecule has 32 heavy (non-hydrogen) atoms. The van der Waals surface area contributed by atoms with Crippen LogP contribution >= 0.6 is 23.2 Å². The van der Waals surface area contributed by atoms with Gasteiger partial charge in [0, 0.05) is 10.4 Å². The minimum Gasteiger partial charge on any atom is -0.481 e. The van der Waals surface area contributed by atoms with E-state index in [1.165, 1.54) is 12.2 Å². The lowest BCUT2D eigenvalue weighted by Gasteiger charge is -2.41. The third-order valence-corrected chi connectivity index (χ3v) is 7.15. The highest BCUT2D eigenvalue weighted by atomic mass is 35.5. The molecule has 1 fully saturated rings. The number of carbonyl (C=O) groups is 2. The minimum absolute atomic E-state index is 0.0598. The highest BCUT2D eigenvalue weighted by Gasteiger charge is 2.47. The zero-order valence-electron chi connectivity index (χ0n) is 17.4. The van der Waals surface area contributed by atoms with E-state index in [1.807, 2.05) is 0 Å². The van der Waals surface area contributed by atoms with Crippen molar-refractivity contribution in [2.24, 2.45) is 17.8 Å². The maximum atomic E-state index is 13.6. The summed E-state index contributed by atoms with van der Waals surface area (Å²) < 4.78 is 40.7. The Morgan fingerprint density at radius 2 is 1.97 bits per heavy atom. The number of nitrogens with one attached hydrogen (secondary N) is 1. The van der Waals surface area contributed by atoms with Gasteiger partial charge < -0.3 is 10.4 Å². The van der Waals surface area contributed by atoms with E-state index in [1.54, 1.807) is 24.3 Å². The maximum absolute atomic E-state index is 13.6. The van der Waals surface area contributed by atoms with E-state index in [9.17, 15) is 27.9 Å².